The molecule has 0 spiro atoms. The molecule has 1 aromatic carbocycles. The van der Waals surface area contributed by atoms with Crippen LogP contribution in [0.25, 0.3) is 0 Å². The Balaban J connectivity index is 0.00000208. The Kier molecular flexibility index (Phi) is 5.40. The molecule has 2 aliphatic rings. The first kappa shape index (κ1) is 19.3. The fourth-order valence-corrected chi connectivity index (χ4v) is 4.20. The van der Waals surface area contributed by atoms with Crippen LogP contribution in [0, 0.1) is 11.3 Å². The van der Waals surface area contributed by atoms with Gasteiger partial charge in [0, 0.05) is 29.7 Å². The highest BCUT2D eigenvalue weighted by Gasteiger charge is 2.70. The number of nitrogens with one attached hydrogen (secondary N) is 1. The molecule has 0 aromatic heterocycles. The molecule has 1 saturated carbocycles. The van der Waals surface area contributed by atoms with Crippen molar-refractivity contribution in [3.05, 3.63) is 23.2 Å². The first-order chi connectivity index (χ1) is 10.8. The molecule has 0 radical (unpaired) electrons. The Bertz CT molecular complexity index is 638. The van der Waals surface area contributed by atoms with E-state index in [-0.39, 0.29) is 30.3 Å². The zero-order chi connectivity index (χ0) is 16.8. The normalized spacial score (nSPS) is 30.4. The number of anilines is 1. The molecular formula is C17H24Cl2N2O3. The second kappa shape index (κ2) is 6.71. The highest BCUT2D eigenvalue weighted by Crippen LogP contribution is 2.57. The maximum absolute atomic E-state index is 12.9. The number of fused-ring (bicyclic) bond motifs is 1. The van der Waals surface area contributed by atoms with E-state index in [9.17, 15) is 4.79 Å². The summed E-state index contributed by atoms with van der Waals surface area (Å²) in [5.41, 5.74) is 5.86. The number of amides is 1. The molecule has 1 heterocycles. The van der Waals surface area contributed by atoms with Gasteiger partial charge < -0.3 is 20.5 Å². The van der Waals surface area contributed by atoms with E-state index in [2.05, 4.69) is 5.32 Å². The van der Waals surface area contributed by atoms with Crippen LogP contribution in [0.1, 0.15) is 26.7 Å². The molecule has 7 heteroatoms. The molecule has 3 atom stereocenters. The Labute approximate surface area is 153 Å². The zero-order valence-corrected chi connectivity index (χ0v) is 15.7. The summed E-state index contributed by atoms with van der Waals surface area (Å²) < 4.78 is 11.0. The Hall–Kier alpha value is -1.01. The molecule has 1 amide bonds. The fraction of sp³-hybridized carbons (Fsp3) is 0.588. The van der Waals surface area contributed by atoms with Crippen molar-refractivity contribution in [3.8, 4) is 5.75 Å². The lowest BCUT2D eigenvalue weighted by molar-refractivity contribution is -0.222. The van der Waals surface area contributed by atoms with Gasteiger partial charge in [0.1, 0.15) is 11.3 Å². The Morgan fingerprint density at radius 2 is 2.17 bits per heavy atom. The monoisotopic (exact) mass is 374 g/mol. The van der Waals surface area contributed by atoms with Crippen LogP contribution < -0.4 is 15.8 Å². The number of ether oxygens (including phenoxy) is 2. The quantitative estimate of drug-likeness (QED) is 0.851. The maximum Gasteiger partial charge on any atom is 0.245 e. The summed E-state index contributed by atoms with van der Waals surface area (Å²) in [4.78, 5) is 12.9. The second-order valence-corrected chi connectivity index (χ2v) is 7.34. The number of carbonyl (C=O) groups excluding carboxylic acids is 1. The van der Waals surface area contributed by atoms with Gasteiger partial charge in [-0.15, -0.1) is 12.4 Å². The van der Waals surface area contributed by atoms with Crippen molar-refractivity contribution in [1.82, 2.24) is 0 Å². The van der Waals surface area contributed by atoms with E-state index in [0.29, 0.717) is 16.5 Å². The van der Waals surface area contributed by atoms with Crippen LogP contribution in [-0.4, -0.2) is 31.3 Å². The van der Waals surface area contributed by atoms with Crippen molar-refractivity contribution in [3.63, 3.8) is 0 Å². The van der Waals surface area contributed by atoms with Gasteiger partial charge in [0.25, 0.3) is 0 Å². The number of carbonyl (C=O) groups is 1. The molecule has 1 aliphatic heterocycles. The van der Waals surface area contributed by atoms with Crippen molar-refractivity contribution in [2.75, 3.05) is 19.0 Å². The van der Waals surface area contributed by atoms with Gasteiger partial charge in [-0.1, -0.05) is 25.4 Å². The van der Waals surface area contributed by atoms with Crippen LogP contribution >= 0.6 is 24.0 Å². The van der Waals surface area contributed by atoms with Crippen LogP contribution in [0.15, 0.2) is 18.2 Å². The average Bonchev–Trinajstić information content (AvgIpc) is 2.55. The first-order valence-corrected chi connectivity index (χ1v) is 8.25. The van der Waals surface area contributed by atoms with Crippen molar-refractivity contribution in [1.29, 1.82) is 0 Å². The van der Waals surface area contributed by atoms with Gasteiger partial charge in [0.15, 0.2) is 0 Å². The summed E-state index contributed by atoms with van der Waals surface area (Å²) in [5, 5.41) is 3.41. The van der Waals surface area contributed by atoms with Crippen LogP contribution in [-0.2, 0) is 9.53 Å². The first-order valence-electron chi connectivity index (χ1n) is 7.88. The number of methoxy groups -OCH3 is 1. The van der Waals surface area contributed by atoms with Crippen molar-refractivity contribution >= 4 is 35.6 Å². The van der Waals surface area contributed by atoms with Gasteiger partial charge in [-0.05, 0) is 25.0 Å². The number of benzene rings is 1. The zero-order valence-electron chi connectivity index (χ0n) is 14.1. The molecule has 1 saturated heterocycles. The van der Waals surface area contributed by atoms with Gasteiger partial charge in [-0.2, -0.15) is 0 Å². The summed E-state index contributed by atoms with van der Waals surface area (Å²) in [6.45, 7) is 4.75. The minimum absolute atomic E-state index is 0. The molecule has 0 bridgehead atoms. The minimum atomic E-state index is -0.940. The molecule has 134 valence electrons. The summed E-state index contributed by atoms with van der Waals surface area (Å²) in [6.07, 6.45) is 1.91. The second-order valence-electron chi connectivity index (χ2n) is 6.93. The smallest absolute Gasteiger partial charge is 0.245 e. The van der Waals surface area contributed by atoms with Gasteiger partial charge in [-0.3, -0.25) is 4.79 Å². The lowest BCUT2D eigenvalue weighted by atomic mass is 9.46. The van der Waals surface area contributed by atoms with Crippen LogP contribution in [0.3, 0.4) is 0 Å². The number of hydrogen-bond donors (Lipinski definition) is 2. The van der Waals surface area contributed by atoms with E-state index < -0.39 is 11.0 Å². The molecule has 1 aromatic rings. The molecule has 2 fully saturated rings. The van der Waals surface area contributed by atoms with Gasteiger partial charge in [0.05, 0.1) is 18.2 Å². The third kappa shape index (κ3) is 2.68. The van der Waals surface area contributed by atoms with Gasteiger partial charge in [0.2, 0.25) is 5.91 Å². The Morgan fingerprint density at radius 3 is 2.83 bits per heavy atom. The van der Waals surface area contributed by atoms with Crippen molar-refractivity contribution in [2.45, 2.75) is 38.3 Å². The SMILES string of the molecule is COc1cc(NC(=O)C2(N)C3CCCOC3C2(C)C)ccc1Cl.Cl. The number of nitrogens with two attached hydrogens (primary N) is 1. The molecule has 5 nitrogen and oxygen atoms in total. The van der Waals surface area contributed by atoms with Gasteiger partial charge >= 0.3 is 0 Å². The maximum atomic E-state index is 12.9. The highest BCUT2D eigenvalue weighted by molar-refractivity contribution is 6.32. The Morgan fingerprint density at radius 1 is 1.46 bits per heavy atom. The molecular weight excluding hydrogens is 351 g/mol. The molecule has 3 N–H and O–H groups in total. The van der Waals surface area contributed by atoms with Crippen molar-refractivity contribution < 1.29 is 14.3 Å². The topological polar surface area (TPSA) is 73.6 Å². The predicted octanol–water partition coefficient (Wildman–Crippen LogP) is 3.24. The predicted molar refractivity (Wildman–Crippen MR) is 97.0 cm³/mol. The standard InChI is InChI=1S/C17H23ClN2O3.ClH/c1-16(2)14-11(5-4-8-23-14)17(16,19)15(21)20-10-6-7-12(18)13(9-10)22-3;/h6-7,9,11,14H,4-5,8,19H2,1-3H3,(H,20,21);1H. The number of halogens is 2. The van der Waals surface area contributed by atoms with Crippen LogP contribution in [0.4, 0.5) is 5.69 Å². The lowest BCUT2D eigenvalue weighted by Crippen LogP contribution is -2.81. The molecule has 1 aliphatic carbocycles. The summed E-state index contributed by atoms with van der Waals surface area (Å²) >= 11 is 6.02. The van der Waals surface area contributed by atoms with E-state index in [1.54, 1.807) is 18.2 Å². The molecule has 3 unspecified atom stereocenters. The third-order valence-corrected chi connectivity index (χ3v) is 5.78. The average molecular weight is 375 g/mol. The third-order valence-electron chi connectivity index (χ3n) is 5.47. The van der Waals surface area contributed by atoms with E-state index >= 15 is 0 Å². The van der Waals surface area contributed by atoms with E-state index in [4.69, 9.17) is 26.8 Å². The van der Waals surface area contributed by atoms with Crippen LogP contribution in [0.5, 0.6) is 5.75 Å². The van der Waals surface area contributed by atoms with Gasteiger partial charge in [-0.25, -0.2) is 0 Å². The summed E-state index contributed by atoms with van der Waals surface area (Å²) in [7, 11) is 1.54. The van der Waals surface area contributed by atoms with Crippen LogP contribution in [0.2, 0.25) is 5.02 Å². The van der Waals surface area contributed by atoms with E-state index in [1.807, 2.05) is 13.8 Å². The van der Waals surface area contributed by atoms with E-state index in [0.717, 1.165) is 19.4 Å². The largest absolute Gasteiger partial charge is 0.495 e. The molecule has 24 heavy (non-hydrogen) atoms. The summed E-state index contributed by atoms with van der Waals surface area (Å²) in [6, 6.07) is 5.13. The summed E-state index contributed by atoms with van der Waals surface area (Å²) in [5.74, 6) is 0.390. The van der Waals surface area contributed by atoms with E-state index in [1.165, 1.54) is 7.11 Å². The fourth-order valence-electron chi connectivity index (χ4n) is 4.01. The number of rotatable bonds is 3. The molecule has 3 rings (SSSR count). The van der Waals surface area contributed by atoms with Crippen molar-refractivity contribution in [2.24, 2.45) is 17.1 Å². The highest BCUT2D eigenvalue weighted by atomic mass is 35.5. The lowest BCUT2D eigenvalue weighted by Gasteiger charge is -2.65. The number of hydrogen-bond acceptors (Lipinski definition) is 4. The minimum Gasteiger partial charge on any atom is -0.495 e.